The summed E-state index contributed by atoms with van der Waals surface area (Å²) in [6, 6.07) is 11.1. The lowest BCUT2D eigenvalue weighted by molar-refractivity contribution is 0.0958. The van der Waals surface area contributed by atoms with E-state index in [2.05, 4.69) is 17.2 Å². The van der Waals surface area contributed by atoms with Gasteiger partial charge < -0.3 is 5.32 Å². The molecule has 0 aliphatic carbocycles. The molecule has 0 unspecified atom stereocenters. The van der Waals surface area contributed by atoms with Crippen LogP contribution in [0.2, 0.25) is 0 Å². The fraction of sp³-hybridized carbons (Fsp3) is 0.0625. The van der Waals surface area contributed by atoms with Gasteiger partial charge in [0.25, 0.3) is 5.91 Å². The Labute approximate surface area is 115 Å². The zero-order valence-electron chi connectivity index (χ0n) is 10.5. The van der Waals surface area contributed by atoms with Gasteiger partial charge in [-0.2, -0.15) is 0 Å². The summed E-state index contributed by atoms with van der Waals surface area (Å²) in [5, 5.41) is 2.55. The minimum atomic E-state index is -0.463. The van der Waals surface area contributed by atoms with Crippen molar-refractivity contribution in [2.45, 2.75) is 0 Å². The highest BCUT2D eigenvalue weighted by atomic mass is 19.1. The number of hydrogen-bond donors (Lipinski definition) is 1. The SMILES string of the molecule is O=C(NCC#Cc1ccc(F)cc1)c1cccc(F)c1. The van der Waals surface area contributed by atoms with E-state index in [1.807, 2.05) is 0 Å². The molecule has 0 aliphatic heterocycles. The molecule has 0 radical (unpaired) electrons. The number of halogens is 2. The summed E-state index contributed by atoms with van der Waals surface area (Å²) in [4.78, 5) is 11.7. The molecule has 100 valence electrons. The molecule has 20 heavy (non-hydrogen) atoms. The maximum absolute atomic E-state index is 12.9. The molecule has 0 atom stereocenters. The maximum atomic E-state index is 12.9. The first-order valence-electron chi connectivity index (χ1n) is 5.93. The molecule has 1 N–H and O–H groups in total. The van der Waals surface area contributed by atoms with E-state index >= 15 is 0 Å². The number of nitrogens with one attached hydrogen (secondary N) is 1. The Morgan fingerprint density at radius 2 is 1.80 bits per heavy atom. The summed E-state index contributed by atoms with van der Waals surface area (Å²) in [7, 11) is 0. The Balaban J connectivity index is 1.90. The van der Waals surface area contributed by atoms with Gasteiger partial charge in [0.1, 0.15) is 11.6 Å². The fourth-order valence-electron chi connectivity index (χ4n) is 1.54. The smallest absolute Gasteiger partial charge is 0.252 e. The van der Waals surface area contributed by atoms with Gasteiger partial charge in [0.15, 0.2) is 0 Å². The summed E-state index contributed by atoms with van der Waals surface area (Å²) < 4.78 is 25.6. The van der Waals surface area contributed by atoms with Crippen molar-refractivity contribution >= 4 is 5.91 Å². The van der Waals surface area contributed by atoms with Crippen LogP contribution in [0.5, 0.6) is 0 Å². The highest BCUT2D eigenvalue weighted by molar-refractivity contribution is 5.94. The highest BCUT2D eigenvalue weighted by Crippen LogP contribution is 2.03. The van der Waals surface area contributed by atoms with Crippen molar-refractivity contribution in [2.24, 2.45) is 0 Å². The predicted molar refractivity (Wildman–Crippen MR) is 72.0 cm³/mol. The lowest BCUT2D eigenvalue weighted by atomic mass is 10.2. The van der Waals surface area contributed by atoms with Gasteiger partial charge >= 0.3 is 0 Å². The molecule has 0 fully saturated rings. The van der Waals surface area contributed by atoms with E-state index in [1.54, 1.807) is 12.1 Å². The van der Waals surface area contributed by atoms with Gasteiger partial charge in [0, 0.05) is 11.1 Å². The molecule has 2 nitrogen and oxygen atoms in total. The van der Waals surface area contributed by atoms with Crippen molar-refractivity contribution in [2.75, 3.05) is 6.54 Å². The monoisotopic (exact) mass is 271 g/mol. The van der Waals surface area contributed by atoms with E-state index in [0.29, 0.717) is 5.56 Å². The predicted octanol–water partition coefficient (Wildman–Crippen LogP) is 2.75. The van der Waals surface area contributed by atoms with Crippen molar-refractivity contribution in [1.29, 1.82) is 0 Å². The zero-order chi connectivity index (χ0) is 14.4. The average Bonchev–Trinajstić information content (AvgIpc) is 2.45. The van der Waals surface area contributed by atoms with Crippen LogP contribution in [0.3, 0.4) is 0 Å². The van der Waals surface area contributed by atoms with Gasteiger partial charge in [0.2, 0.25) is 0 Å². The number of rotatable bonds is 2. The van der Waals surface area contributed by atoms with E-state index in [4.69, 9.17) is 0 Å². The Hall–Kier alpha value is -2.67. The van der Waals surface area contributed by atoms with Crippen molar-refractivity contribution in [3.8, 4) is 11.8 Å². The summed E-state index contributed by atoms with van der Waals surface area (Å²) in [5.41, 5.74) is 0.903. The molecule has 2 aromatic carbocycles. The third-order valence-electron chi connectivity index (χ3n) is 2.50. The molecule has 0 heterocycles. The second-order valence-corrected chi connectivity index (χ2v) is 4.00. The van der Waals surface area contributed by atoms with E-state index in [-0.39, 0.29) is 17.9 Å². The Morgan fingerprint density at radius 1 is 1.05 bits per heavy atom. The summed E-state index contributed by atoms with van der Waals surface area (Å²) in [6.07, 6.45) is 0. The van der Waals surface area contributed by atoms with Crippen LogP contribution in [0.15, 0.2) is 48.5 Å². The number of hydrogen-bond acceptors (Lipinski definition) is 1. The minimum absolute atomic E-state index is 0.132. The van der Waals surface area contributed by atoms with Crippen LogP contribution >= 0.6 is 0 Å². The lowest BCUT2D eigenvalue weighted by Crippen LogP contribution is -2.23. The largest absolute Gasteiger partial charge is 0.341 e. The van der Waals surface area contributed by atoms with Gasteiger partial charge in [-0.15, -0.1) is 0 Å². The molecule has 1 amide bonds. The molecule has 0 saturated carbocycles. The Kier molecular flexibility index (Phi) is 4.46. The van der Waals surface area contributed by atoms with E-state index < -0.39 is 11.7 Å². The second kappa shape index (κ2) is 6.48. The molecule has 0 aromatic heterocycles. The third kappa shape index (κ3) is 3.92. The maximum Gasteiger partial charge on any atom is 0.252 e. The van der Waals surface area contributed by atoms with Gasteiger partial charge in [-0.05, 0) is 42.5 Å². The standard InChI is InChI=1S/C16H11F2NO/c17-14-8-6-12(7-9-14)3-2-10-19-16(20)13-4-1-5-15(18)11-13/h1,4-9,11H,10H2,(H,19,20). The molecular formula is C16H11F2NO. The minimum Gasteiger partial charge on any atom is -0.341 e. The van der Waals surface area contributed by atoms with Gasteiger partial charge in [-0.25, -0.2) is 8.78 Å². The Bertz CT molecular complexity index is 669. The first kappa shape index (κ1) is 13.8. The molecule has 2 aromatic rings. The first-order valence-corrected chi connectivity index (χ1v) is 5.93. The van der Waals surface area contributed by atoms with Crippen molar-refractivity contribution in [1.82, 2.24) is 5.32 Å². The number of carbonyl (C=O) groups is 1. The van der Waals surface area contributed by atoms with Gasteiger partial charge in [-0.1, -0.05) is 17.9 Å². The number of amides is 1. The van der Waals surface area contributed by atoms with Crippen molar-refractivity contribution in [3.63, 3.8) is 0 Å². The first-order chi connectivity index (χ1) is 9.65. The van der Waals surface area contributed by atoms with E-state index in [1.165, 1.54) is 30.3 Å². The average molecular weight is 271 g/mol. The van der Waals surface area contributed by atoms with Crippen molar-refractivity contribution in [3.05, 3.63) is 71.3 Å². The molecule has 0 saturated heterocycles. The van der Waals surface area contributed by atoms with E-state index in [0.717, 1.165) is 6.07 Å². The molecule has 0 bridgehead atoms. The van der Waals surface area contributed by atoms with Crippen LogP contribution in [0.25, 0.3) is 0 Å². The lowest BCUT2D eigenvalue weighted by Gasteiger charge is -2.00. The van der Waals surface area contributed by atoms with Crippen LogP contribution in [-0.2, 0) is 0 Å². The molecule has 0 aliphatic rings. The number of benzene rings is 2. The van der Waals surface area contributed by atoms with Crippen molar-refractivity contribution < 1.29 is 13.6 Å². The van der Waals surface area contributed by atoms with Crippen LogP contribution in [0.4, 0.5) is 8.78 Å². The summed E-state index contributed by atoms with van der Waals surface area (Å²) in [6.45, 7) is 0.132. The third-order valence-corrected chi connectivity index (χ3v) is 2.50. The zero-order valence-corrected chi connectivity index (χ0v) is 10.5. The van der Waals surface area contributed by atoms with Crippen LogP contribution in [0, 0.1) is 23.5 Å². The Morgan fingerprint density at radius 3 is 2.50 bits per heavy atom. The fourth-order valence-corrected chi connectivity index (χ4v) is 1.54. The molecule has 2 rings (SSSR count). The van der Waals surface area contributed by atoms with Crippen LogP contribution < -0.4 is 5.32 Å². The number of carbonyl (C=O) groups excluding carboxylic acids is 1. The summed E-state index contributed by atoms with van der Waals surface area (Å²) in [5.74, 6) is 4.35. The molecular weight excluding hydrogens is 260 g/mol. The van der Waals surface area contributed by atoms with E-state index in [9.17, 15) is 13.6 Å². The van der Waals surface area contributed by atoms with Crippen LogP contribution in [0.1, 0.15) is 15.9 Å². The van der Waals surface area contributed by atoms with Crippen LogP contribution in [-0.4, -0.2) is 12.5 Å². The normalized spacial score (nSPS) is 9.50. The topological polar surface area (TPSA) is 29.1 Å². The summed E-state index contributed by atoms with van der Waals surface area (Å²) >= 11 is 0. The second-order valence-electron chi connectivity index (χ2n) is 4.00. The van der Waals surface area contributed by atoms with Gasteiger partial charge in [0.05, 0.1) is 6.54 Å². The quantitative estimate of drug-likeness (QED) is 0.836. The molecule has 4 heteroatoms. The highest BCUT2D eigenvalue weighted by Gasteiger charge is 2.04. The molecule has 0 spiro atoms. The van der Waals surface area contributed by atoms with Gasteiger partial charge in [-0.3, -0.25) is 4.79 Å².